The van der Waals surface area contributed by atoms with E-state index in [0.717, 1.165) is 15.6 Å². The molecular formula is C16H15IN4O2. The Bertz CT molecular complexity index is 789. The molecule has 0 saturated carbocycles. The van der Waals surface area contributed by atoms with E-state index in [0.29, 0.717) is 23.8 Å². The molecule has 7 heteroatoms. The van der Waals surface area contributed by atoms with Gasteiger partial charge in [-0.05, 0) is 58.8 Å². The zero-order chi connectivity index (χ0) is 16.2. The molecule has 2 aromatic heterocycles. The molecule has 3 aromatic rings. The summed E-state index contributed by atoms with van der Waals surface area (Å²) in [5.74, 6) is 1.81. The fraction of sp³-hybridized carbons (Fsp3) is 0.125. The Morgan fingerprint density at radius 2 is 1.96 bits per heavy atom. The zero-order valence-corrected chi connectivity index (χ0v) is 14.3. The van der Waals surface area contributed by atoms with Crippen molar-refractivity contribution in [3.05, 3.63) is 51.8 Å². The van der Waals surface area contributed by atoms with Gasteiger partial charge >= 0.3 is 0 Å². The van der Waals surface area contributed by atoms with Crippen LogP contribution < -0.4 is 11.1 Å². The van der Waals surface area contributed by atoms with Crippen LogP contribution in [0.2, 0.25) is 0 Å². The maximum atomic E-state index is 9.29. The van der Waals surface area contributed by atoms with Gasteiger partial charge in [-0.2, -0.15) is 4.98 Å². The molecule has 0 atom stereocenters. The van der Waals surface area contributed by atoms with Crippen molar-refractivity contribution in [2.75, 3.05) is 17.6 Å². The first-order valence-electron chi connectivity index (χ1n) is 7.02. The Balaban J connectivity index is 1.74. The van der Waals surface area contributed by atoms with Crippen molar-refractivity contribution in [1.82, 2.24) is 9.97 Å². The van der Waals surface area contributed by atoms with Gasteiger partial charge < -0.3 is 20.6 Å². The number of rotatable bonds is 5. The Kier molecular flexibility index (Phi) is 4.65. The summed E-state index contributed by atoms with van der Waals surface area (Å²) < 4.78 is 6.25. The number of benzene rings is 1. The van der Waals surface area contributed by atoms with Crippen molar-refractivity contribution < 1.29 is 9.52 Å². The number of nitrogens with two attached hydrogens (primary N) is 1. The van der Waals surface area contributed by atoms with E-state index in [9.17, 15) is 5.11 Å². The van der Waals surface area contributed by atoms with Crippen molar-refractivity contribution in [1.29, 1.82) is 0 Å². The van der Waals surface area contributed by atoms with Crippen LogP contribution in [0.25, 0.3) is 11.5 Å². The van der Waals surface area contributed by atoms with Crippen LogP contribution in [-0.2, 0) is 6.42 Å². The topological polar surface area (TPSA) is 97.2 Å². The highest BCUT2D eigenvalue weighted by molar-refractivity contribution is 14.1. The van der Waals surface area contributed by atoms with Gasteiger partial charge in [0.1, 0.15) is 17.3 Å². The van der Waals surface area contributed by atoms with Crippen LogP contribution in [-0.4, -0.2) is 21.6 Å². The molecule has 0 radical (unpaired) electrons. The number of phenolic OH excluding ortho intramolecular Hbond substituents is 1. The Labute approximate surface area is 146 Å². The predicted octanol–water partition coefficient (Wildman–Crippen LogP) is 3.28. The molecule has 0 fully saturated rings. The molecule has 2 heterocycles. The van der Waals surface area contributed by atoms with E-state index in [2.05, 4.69) is 37.9 Å². The van der Waals surface area contributed by atoms with Crippen LogP contribution in [0.15, 0.2) is 47.1 Å². The number of anilines is 2. The van der Waals surface area contributed by atoms with E-state index in [1.165, 1.54) is 0 Å². The summed E-state index contributed by atoms with van der Waals surface area (Å²) in [7, 11) is 0. The highest BCUT2D eigenvalue weighted by Crippen LogP contribution is 2.28. The summed E-state index contributed by atoms with van der Waals surface area (Å²) in [4.78, 5) is 8.50. The normalized spacial score (nSPS) is 10.7. The summed E-state index contributed by atoms with van der Waals surface area (Å²) >= 11 is 2.18. The first-order chi connectivity index (χ1) is 11.1. The van der Waals surface area contributed by atoms with Gasteiger partial charge in [0.2, 0.25) is 5.95 Å². The molecule has 0 aliphatic carbocycles. The van der Waals surface area contributed by atoms with Gasteiger partial charge in [0, 0.05) is 6.54 Å². The highest BCUT2D eigenvalue weighted by atomic mass is 127. The van der Waals surface area contributed by atoms with Gasteiger partial charge in [0.25, 0.3) is 0 Å². The van der Waals surface area contributed by atoms with Crippen LogP contribution in [0.4, 0.5) is 11.8 Å². The lowest BCUT2D eigenvalue weighted by molar-refractivity contribution is 0.475. The minimum Gasteiger partial charge on any atom is -0.508 e. The number of nitrogens with zero attached hydrogens (tertiary/aromatic N) is 2. The number of nitrogens with one attached hydrogen (secondary N) is 1. The SMILES string of the molecule is Nc1nc(NCCc2ccc(O)cc2)c(I)c(-c2ccco2)n1. The molecule has 3 rings (SSSR count). The minimum atomic E-state index is 0.198. The number of aromatic hydroxyl groups is 1. The Morgan fingerprint density at radius 1 is 1.17 bits per heavy atom. The average molecular weight is 422 g/mol. The van der Waals surface area contributed by atoms with Crippen molar-refractivity contribution in [3.63, 3.8) is 0 Å². The molecule has 0 spiro atoms. The molecule has 4 N–H and O–H groups in total. The molecular weight excluding hydrogens is 407 g/mol. The van der Waals surface area contributed by atoms with E-state index < -0.39 is 0 Å². The van der Waals surface area contributed by atoms with E-state index in [1.54, 1.807) is 18.4 Å². The largest absolute Gasteiger partial charge is 0.508 e. The van der Waals surface area contributed by atoms with Gasteiger partial charge in [-0.15, -0.1) is 0 Å². The first kappa shape index (κ1) is 15.6. The second-order valence-electron chi connectivity index (χ2n) is 4.91. The van der Waals surface area contributed by atoms with Gasteiger partial charge in [0.05, 0.1) is 9.83 Å². The molecule has 23 heavy (non-hydrogen) atoms. The Morgan fingerprint density at radius 3 is 2.65 bits per heavy atom. The monoisotopic (exact) mass is 422 g/mol. The van der Waals surface area contributed by atoms with E-state index >= 15 is 0 Å². The van der Waals surface area contributed by atoms with Crippen LogP contribution in [0.1, 0.15) is 5.56 Å². The number of hydrogen-bond donors (Lipinski definition) is 3. The van der Waals surface area contributed by atoms with Crippen molar-refractivity contribution >= 4 is 34.4 Å². The maximum absolute atomic E-state index is 9.29. The molecule has 0 amide bonds. The van der Waals surface area contributed by atoms with E-state index in [-0.39, 0.29) is 11.7 Å². The van der Waals surface area contributed by atoms with Gasteiger partial charge in [-0.1, -0.05) is 12.1 Å². The third-order valence-corrected chi connectivity index (χ3v) is 4.29. The molecule has 0 saturated heterocycles. The van der Waals surface area contributed by atoms with Crippen LogP contribution in [0.5, 0.6) is 5.75 Å². The second-order valence-corrected chi connectivity index (χ2v) is 5.99. The molecule has 0 unspecified atom stereocenters. The third kappa shape index (κ3) is 3.73. The van der Waals surface area contributed by atoms with Crippen LogP contribution in [0, 0.1) is 3.57 Å². The number of halogens is 1. The minimum absolute atomic E-state index is 0.198. The van der Waals surface area contributed by atoms with Crippen molar-refractivity contribution in [3.8, 4) is 17.2 Å². The second kappa shape index (κ2) is 6.86. The highest BCUT2D eigenvalue weighted by Gasteiger charge is 2.14. The summed E-state index contributed by atoms with van der Waals surface area (Å²) in [5, 5.41) is 12.6. The number of aromatic nitrogens is 2. The van der Waals surface area contributed by atoms with Gasteiger partial charge in [-0.25, -0.2) is 4.98 Å². The van der Waals surface area contributed by atoms with Crippen molar-refractivity contribution in [2.24, 2.45) is 0 Å². The first-order valence-corrected chi connectivity index (χ1v) is 8.10. The lowest BCUT2D eigenvalue weighted by Crippen LogP contribution is -2.10. The number of furan rings is 1. The average Bonchev–Trinajstić information content (AvgIpc) is 3.06. The van der Waals surface area contributed by atoms with E-state index in [1.807, 2.05) is 24.3 Å². The number of phenols is 1. The van der Waals surface area contributed by atoms with Crippen molar-refractivity contribution in [2.45, 2.75) is 6.42 Å². The smallest absolute Gasteiger partial charge is 0.222 e. The van der Waals surface area contributed by atoms with Crippen LogP contribution in [0.3, 0.4) is 0 Å². The summed E-state index contributed by atoms with van der Waals surface area (Å²) in [6.07, 6.45) is 2.40. The molecule has 0 aliphatic rings. The summed E-state index contributed by atoms with van der Waals surface area (Å²) in [6, 6.07) is 10.8. The molecule has 6 nitrogen and oxygen atoms in total. The fourth-order valence-electron chi connectivity index (χ4n) is 2.15. The molecule has 0 bridgehead atoms. The maximum Gasteiger partial charge on any atom is 0.222 e. The van der Waals surface area contributed by atoms with E-state index in [4.69, 9.17) is 10.2 Å². The van der Waals surface area contributed by atoms with Gasteiger partial charge in [0.15, 0.2) is 5.76 Å². The molecule has 118 valence electrons. The standard InChI is InChI=1S/C16H15IN4O2/c17-13-14(12-2-1-9-23-12)20-16(18)21-15(13)19-8-7-10-3-5-11(22)6-4-10/h1-6,9,22H,7-8H2,(H3,18,19,20,21). The molecule has 0 aliphatic heterocycles. The lowest BCUT2D eigenvalue weighted by Gasteiger charge is -2.10. The summed E-state index contributed by atoms with van der Waals surface area (Å²) in [6.45, 7) is 0.689. The lowest BCUT2D eigenvalue weighted by atomic mass is 10.1. The number of hydrogen-bond acceptors (Lipinski definition) is 6. The van der Waals surface area contributed by atoms with Gasteiger partial charge in [-0.3, -0.25) is 0 Å². The zero-order valence-electron chi connectivity index (χ0n) is 12.2. The Hall–Kier alpha value is -2.29. The predicted molar refractivity (Wildman–Crippen MR) is 97.2 cm³/mol. The summed E-state index contributed by atoms with van der Waals surface area (Å²) in [5.41, 5.74) is 7.60. The quantitative estimate of drug-likeness (QED) is 0.546. The van der Waals surface area contributed by atoms with Crippen LogP contribution >= 0.6 is 22.6 Å². The number of nitrogen functional groups attached to an aromatic ring is 1. The fourth-order valence-corrected chi connectivity index (χ4v) is 2.84. The molecule has 1 aromatic carbocycles. The third-order valence-electron chi connectivity index (χ3n) is 3.27.